The second-order valence-corrected chi connectivity index (χ2v) is 21.1. The van der Waals surface area contributed by atoms with Gasteiger partial charge < -0.3 is 50.3 Å². The third kappa shape index (κ3) is 17.7. The molecule has 17 heteroatoms. The Morgan fingerprint density at radius 3 is 2.14 bits per heavy atom. The molecule has 6 amide bonds. The van der Waals surface area contributed by atoms with Crippen molar-refractivity contribution in [2.45, 2.75) is 137 Å². The van der Waals surface area contributed by atoms with Gasteiger partial charge in [0.05, 0.1) is 42.7 Å². The molecule has 2 aliphatic heterocycles. The monoisotopic (exact) mass is 968 g/mol. The number of amides is 6. The van der Waals surface area contributed by atoms with E-state index in [2.05, 4.69) is 87.9 Å². The number of nitrogens with zero attached hydrogens (tertiary/aromatic N) is 5. The molecule has 2 heterocycles. The number of benzene rings is 1. The molecular weight excluding hydrogens is 879 g/mol. The zero-order valence-corrected chi connectivity index (χ0v) is 44.7. The minimum absolute atomic E-state index is 0.00904. The van der Waals surface area contributed by atoms with Crippen LogP contribution >= 0.6 is 0 Å². The number of carbonyl (C=O) groups is 6. The van der Waals surface area contributed by atoms with Crippen molar-refractivity contribution in [2.24, 2.45) is 23.2 Å². The lowest BCUT2D eigenvalue weighted by Crippen LogP contribution is -2.58. The molecular formula is C52H89N9O8. The van der Waals surface area contributed by atoms with Crippen molar-refractivity contribution in [3.8, 4) is 0 Å². The highest BCUT2D eigenvalue weighted by Crippen LogP contribution is 2.30. The Hall–Kier alpha value is -4.42. The number of anilines is 1. The first-order chi connectivity index (χ1) is 32.4. The normalized spacial score (nSPS) is 18.8. The van der Waals surface area contributed by atoms with Crippen LogP contribution in [0.4, 0.5) is 5.69 Å². The fourth-order valence-corrected chi connectivity index (χ4v) is 9.84. The van der Waals surface area contributed by atoms with Gasteiger partial charge in [-0.1, -0.05) is 67.0 Å². The summed E-state index contributed by atoms with van der Waals surface area (Å²) in [5.41, 5.74) is 1.97. The molecule has 0 bridgehead atoms. The molecule has 9 atom stereocenters. The van der Waals surface area contributed by atoms with E-state index in [0.29, 0.717) is 39.1 Å². The van der Waals surface area contributed by atoms with E-state index in [1.807, 2.05) is 62.9 Å². The standard InChI is InChI=1S/C52H89N9O8/c1-16-35(4)48(59(13)51(67)47(34(2)3)55-32-52(8,9)33-57(10)11)42(68-14)28-46(65)60-25-18-21-41(60)49(69-15)38(7)50(66)58(12)26-24-39-19-17-20-40(27-39)54-29-36(5)53-30-37(6)56-43(62)31-61-44(63)22-23-45(61)64/h17,19-20,22-23,27,34-38,41-42,47-49,53-55H,16,18,21,24-26,28-33H2,1-15H3,(H,56,62)/t35-,36-,37-,38+,41-,42+,47-,48-,49+/m0/s1. The van der Waals surface area contributed by atoms with Gasteiger partial charge in [-0.25, -0.2) is 0 Å². The number of hydrogen-bond donors (Lipinski definition) is 4. The topological polar surface area (TPSA) is 185 Å². The Kier molecular flexibility index (Phi) is 23.8. The van der Waals surface area contributed by atoms with Crippen molar-refractivity contribution in [2.75, 3.05) is 93.5 Å². The lowest BCUT2D eigenvalue weighted by Gasteiger charge is -2.41. The van der Waals surface area contributed by atoms with Gasteiger partial charge in [0.25, 0.3) is 11.8 Å². The minimum atomic E-state index is -0.538. The van der Waals surface area contributed by atoms with Gasteiger partial charge in [0, 0.05) is 97.5 Å². The van der Waals surface area contributed by atoms with Gasteiger partial charge in [-0.05, 0) is 82.2 Å². The minimum Gasteiger partial charge on any atom is -0.383 e. The summed E-state index contributed by atoms with van der Waals surface area (Å²) in [5, 5.41) is 13.3. The Morgan fingerprint density at radius 2 is 1.55 bits per heavy atom. The smallest absolute Gasteiger partial charge is 0.254 e. The number of carbonyl (C=O) groups excluding carboxylic acids is 6. The van der Waals surface area contributed by atoms with Crippen LogP contribution in [0.2, 0.25) is 0 Å². The van der Waals surface area contributed by atoms with Crippen LogP contribution in [0.5, 0.6) is 0 Å². The van der Waals surface area contributed by atoms with Gasteiger partial charge in [0.15, 0.2) is 0 Å². The fourth-order valence-electron chi connectivity index (χ4n) is 9.84. The first kappa shape index (κ1) is 58.9. The molecule has 17 nitrogen and oxygen atoms in total. The molecule has 0 spiro atoms. The molecule has 4 N–H and O–H groups in total. The highest BCUT2D eigenvalue weighted by atomic mass is 16.5. The van der Waals surface area contributed by atoms with Gasteiger partial charge in [-0.2, -0.15) is 0 Å². The lowest BCUT2D eigenvalue weighted by atomic mass is 9.88. The molecule has 69 heavy (non-hydrogen) atoms. The number of rotatable bonds is 30. The van der Waals surface area contributed by atoms with E-state index in [1.54, 1.807) is 19.1 Å². The quantitative estimate of drug-likeness (QED) is 0.0823. The molecule has 0 saturated carbocycles. The summed E-state index contributed by atoms with van der Waals surface area (Å²) in [5.74, 6) is -1.91. The lowest BCUT2D eigenvalue weighted by molar-refractivity contribution is -0.148. The summed E-state index contributed by atoms with van der Waals surface area (Å²) < 4.78 is 12.2. The summed E-state index contributed by atoms with van der Waals surface area (Å²) in [7, 11) is 11.0. The van der Waals surface area contributed by atoms with Crippen molar-refractivity contribution in [3.05, 3.63) is 42.0 Å². The maximum Gasteiger partial charge on any atom is 0.254 e. The van der Waals surface area contributed by atoms with Crippen molar-refractivity contribution in [3.63, 3.8) is 0 Å². The summed E-state index contributed by atoms with van der Waals surface area (Å²) in [6, 6.07) is 6.92. The Labute approximate surface area is 414 Å². The first-order valence-electron chi connectivity index (χ1n) is 25.1. The molecule has 0 aromatic heterocycles. The van der Waals surface area contributed by atoms with E-state index in [1.165, 1.54) is 0 Å². The predicted octanol–water partition coefficient (Wildman–Crippen LogP) is 3.63. The highest BCUT2D eigenvalue weighted by Gasteiger charge is 2.43. The third-order valence-corrected chi connectivity index (χ3v) is 13.7. The number of likely N-dealkylation sites (tertiary alicyclic amines) is 1. The number of hydrogen-bond acceptors (Lipinski definition) is 12. The van der Waals surface area contributed by atoms with Gasteiger partial charge in [0.2, 0.25) is 23.6 Å². The molecule has 1 aromatic carbocycles. The molecule has 1 aromatic rings. The molecule has 3 rings (SSSR count). The van der Waals surface area contributed by atoms with E-state index >= 15 is 0 Å². The highest BCUT2D eigenvalue weighted by molar-refractivity contribution is 6.14. The molecule has 1 fully saturated rings. The Balaban J connectivity index is 1.57. The van der Waals surface area contributed by atoms with Crippen LogP contribution in [0, 0.1) is 23.2 Å². The molecule has 2 aliphatic rings. The van der Waals surface area contributed by atoms with E-state index < -0.39 is 41.9 Å². The average molecular weight is 968 g/mol. The Bertz CT molecular complexity index is 1860. The zero-order valence-electron chi connectivity index (χ0n) is 44.7. The maximum atomic E-state index is 14.4. The average Bonchev–Trinajstić information content (AvgIpc) is 3.91. The van der Waals surface area contributed by atoms with Crippen molar-refractivity contribution < 1.29 is 38.2 Å². The van der Waals surface area contributed by atoms with Gasteiger partial charge in [-0.15, -0.1) is 0 Å². The Morgan fingerprint density at radius 1 is 0.884 bits per heavy atom. The van der Waals surface area contributed by atoms with Crippen LogP contribution in [-0.2, 0) is 44.7 Å². The maximum absolute atomic E-state index is 14.4. The largest absolute Gasteiger partial charge is 0.383 e. The number of ether oxygens (including phenoxy) is 2. The number of methoxy groups -OCH3 is 2. The second-order valence-electron chi connectivity index (χ2n) is 21.1. The van der Waals surface area contributed by atoms with Crippen LogP contribution in [0.15, 0.2) is 36.4 Å². The molecule has 390 valence electrons. The molecule has 1 saturated heterocycles. The number of likely N-dealkylation sites (N-methyl/N-ethyl adjacent to an activating group) is 2. The number of imide groups is 1. The van der Waals surface area contributed by atoms with E-state index in [0.717, 1.165) is 54.1 Å². The fraction of sp³-hybridized carbons (Fsp3) is 0.731. The summed E-state index contributed by atoms with van der Waals surface area (Å²) in [4.78, 5) is 87.2. The summed E-state index contributed by atoms with van der Waals surface area (Å²) >= 11 is 0. The van der Waals surface area contributed by atoms with Crippen LogP contribution in [0.1, 0.15) is 93.6 Å². The molecule has 0 radical (unpaired) electrons. The zero-order chi connectivity index (χ0) is 51.7. The van der Waals surface area contributed by atoms with Crippen molar-refractivity contribution in [1.82, 2.24) is 40.4 Å². The predicted molar refractivity (Wildman–Crippen MR) is 272 cm³/mol. The van der Waals surface area contributed by atoms with Crippen molar-refractivity contribution in [1.29, 1.82) is 0 Å². The van der Waals surface area contributed by atoms with Crippen LogP contribution in [0.25, 0.3) is 0 Å². The summed E-state index contributed by atoms with van der Waals surface area (Å²) in [6.07, 6.45) is 4.33. The van der Waals surface area contributed by atoms with Gasteiger partial charge in [0.1, 0.15) is 6.54 Å². The molecule has 0 aliphatic carbocycles. The van der Waals surface area contributed by atoms with Crippen LogP contribution in [-0.4, -0.2) is 191 Å². The SMILES string of the molecule is CC[C@H](C)[C@@H]([C@@H](CC(=O)N1CCC[C@H]1[C@H](OC)[C@@H](C)C(=O)N(C)CCc1cccc(NC[C@H](C)NC[C@H](C)NC(=O)CN2C(=O)C=CC2=O)c1)OC)N(C)C(=O)[C@@H](NCC(C)(C)CN(C)C)C(C)C. The van der Waals surface area contributed by atoms with Gasteiger partial charge >= 0.3 is 0 Å². The molecule has 0 unspecified atom stereocenters. The van der Waals surface area contributed by atoms with E-state index in [9.17, 15) is 28.8 Å². The third-order valence-electron chi connectivity index (χ3n) is 13.7. The summed E-state index contributed by atoms with van der Waals surface area (Å²) in [6.45, 7) is 21.9. The number of nitrogens with one attached hydrogen (secondary N) is 4. The van der Waals surface area contributed by atoms with Crippen LogP contribution < -0.4 is 21.3 Å². The van der Waals surface area contributed by atoms with Crippen molar-refractivity contribution >= 4 is 41.1 Å². The van der Waals surface area contributed by atoms with Crippen LogP contribution in [0.3, 0.4) is 0 Å². The second kappa shape index (κ2) is 27.8. The van der Waals surface area contributed by atoms with E-state index in [4.69, 9.17) is 9.47 Å². The van der Waals surface area contributed by atoms with Gasteiger partial charge in [-0.3, -0.25) is 33.7 Å². The van der Waals surface area contributed by atoms with E-state index in [-0.39, 0.29) is 72.1 Å². The first-order valence-corrected chi connectivity index (χ1v) is 25.1.